The van der Waals surface area contributed by atoms with Gasteiger partial charge in [-0.2, -0.15) is 0 Å². The standard InChI is InChI=1S/C28H37ClO9/c1-6-11-36-24(34)38-28(22(32)15-37-23(33)35-5)16(2)12-20-19-8-7-17-13-18(30)9-10-25(17,3)27(19,29)21(31)14-26(20,28)4/h9-10,13,16,19-21,31H,6-8,11-12,14-15H2,1-5H3/t16-,19+,20+,21?,25+,26+,27+,28+/m1/s1. The van der Waals surface area contributed by atoms with Gasteiger partial charge < -0.3 is 24.1 Å². The van der Waals surface area contributed by atoms with E-state index in [1.54, 1.807) is 12.2 Å². The monoisotopic (exact) mass is 552 g/mol. The highest BCUT2D eigenvalue weighted by molar-refractivity contribution is 6.26. The van der Waals surface area contributed by atoms with Crippen molar-refractivity contribution in [3.05, 3.63) is 23.8 Å². The first-order valence-electron chi connectivity index (χ1n) is 13.2. The highest BCUT2D eigenvalue weighted by atomic mass is 35.5. The molecule has 0 saturated heterocycles. The highest BCUT2D eigenvalue weighted by Gasteiger charge is 2.76. The lowest BCUT2D eigenvalue weighted by molar-refractivity contribution is -0.185. The average molecular weight is 553 g/mol. The van der Waals surface area contributed by atoms with Gasteiger partial charge in [0.2, 0.25) is 5.78 Å². The van der Waals surface area contributed by atoms with E-state index in [1.165, 1.54) is 6.08 Å². The normalized spacial score (nSPS) is 41.2. The van der Waals surface area contributed by atoms with Crippen LogP contribution in [0.3, 0.4) is 0 Å². The molecule has 0 bridgehead atoms. The maximum atomic E-state index is 13.9. The molecule has 1 unspecified atom stereocenters. The number of carbonyl (C=O) groups excluding carboxylic acids is 4. The predicted octanol–water partition coefficient (Wildman–Crippen LogP) is 4.53. The van der Waals surface area contributed by atoms with Crippen LogP contribution in [0.25, 0.3) is 0 Å². The van der Waals surface area contributed by atoms with Crippen LogP contribution in [0.1, 0.15) is 59.8 Å². The van der Waals surface area contributed by atoms with Gasteiger partial charge in [-0.05, 0) is 56.1 Å². The summed E-state index contributed by atoms with van der Waals surface area (Å²) in [5.74, 6) is -1.67. The molecule has 4 aliphatic carbocycles. The molecule has 9 nitrogen and oxygen atoms in total. The van der Waals surface area contributed by atoms with Gasteiger partial charge in [0.15, 0.2) is 18.0 Å². The molecule has 0 aromatic carbocycles. The third kappa shape index (κ3) is 3.91. The number of hydrogen-bond acceptors (Lipinski definition) is 9. The molecule has 38 heavy (non-hydrogen) atoms. The lowest BCUT2D eigenvalue weighted by atomic mass is 9.45. The molecule has 0 aliphatic heterocycles. The number of fused-ring (bicyclic) bond motifs is 5. The van der Waals surface area contributed by atoms with Crippen LogP contribution in [-0.2, 0) is 28.5 Å². The summed E-state index contributed by atoms with van der Waals surface area (Å²) >= 11 is 7.48. The van der Waals surface area contributed by atoms with E-state index >= 15 is 0 Å². The molecule has 0 aromatic heterocycles. The summed E-state index contributed by atoms with van der Waals surface area (Å²) in [6.45, 7) is 6.91. The van der Waals surface area contributed by atoms with Crippen LogP contribution in [0.2, 0.25) is 0 Å². The van der Waals surface area contributed by atoms with Crippen molar-refractivity contribution >= 4 is 35.5 Å². The van der Waals surface area contributed by atoms with E-state index in [2.05, 4.69) is 4.74 Å². The maximum absolute atomic E-state index is 13.9. The molecule has 4 rings (SSSR count). The number of aliphatic hydroxyl groups is 1. The van der Waals surface area contributed by atoms with Crippen LogP contribution in [0.4, 0.5) is 9.59 Å². The zero-order valence-electron chi connectivity index (χ0n) is 22.6. The summed E-state index contributed by atoms with van der Waals surface area (Å²) in [4.78, 5) is 49.5. The molecule has 4 aliphatic rings. The fourth-order valence-electron chi connectivity index (χ4n) is 8.04. The van der Waals surface area contributed by atoms with E-state index in [-0.39, 0.29) is 30.6 Å². The summed E-state index contributed by atoms with van der Waals surface area (Å²) in [7, 11) is 1.13. The number of carbonyl (C=O) groups is 4. The van der Waals surface area contributed by atoms with Crippen molar-refractivity contribution in [3.8, 4) is 0 Å². The SMILES string of the molecule is CCCOC(=O)O[C@]1(C(=O)COC(=O)OC)[C@H](C)C[C@H]2[C@@H]3CCC4=CC(=O)C=C[C@]4(C)[C@@]3(Cl)C(O)C[C@@]21C. The summed E-state index contributed by atoms with van der Waals surface area (Å²) in [6.07, 6.45) is 4.12. The smallest absolute Gasteiger partial charge is 0.438 e. The molecular formula is C28H37ClO9. The second-order valence-corrected chi connectivity index (χ2v) is 12.1. The molecule has 0 aromatic rings. The number of ether oxygens (including phenoxy) is 4. The molecule has 10 heteroatoms. The van der Waals surface area contributed by atoms with Gasteiger partial charge >= 0.3 is 12.3 Å². The number of hydrogen-bond donors (Lipinski definition) is 1. The maximum Gasteiger partial charge on any atom is 0.509 e. The van der Waals surface area contributed by atoms with Crippen molar-refractivity contribution in [2.75, 3.05) is 20.3 Å². The van der Waals surface area contributed by atoms with E-state index in [0.29, 0.717) is 25.7 Å². The molecule has 0 heterocycles. The van der Waals surface area contributed by atoms with E-state index < -0.39 is 58.0 Å². The lowest BCUT2D eigenvalue weighted by Crippen LogP contribution is -2.69. The number of allylic oxidation sites excluding steroid dienone is 4. The van der Waals surface area contributed by atoms with Crippen LogP contribution < -0.4 is 0 Å². The fourth-order valence-corrected chi connectivity index (χ4v) is 8.56. The van der Waals surface area contributed by atoms with Crippen LogP contribution in [-0.4, -0.2) is 65.9 Å². The molecule has 0 spiro atoms. The van der Waals surface area contributed by atoms with Crippen molar-refractivity contribution in [2.24, 2.45) is 28.6 Å². The Hall–Kier alpha value is -2.39. The van der Waals surface area contributed by atoms with Gasteiger partial charge in [-0.25, -0.2) is 9.59 Å². The Morgan fingerprint density at radius 3 is 2.53 bits per heavy atom. The van der Waals surface area contributed by atoms with E-state index in [1.807, 2.05) is 27.7 Å². The van der Waals surface area contributed by atoms with Crippen molar-refractivity contribution in [1.82, 2.24) is 0 Å². The quantitative estimate of drug-likeness (QED) is 0.373. The predicted molar refractivity (Wildman–Crippen MR) is 136 cm³/mol. The average Bonchev–Trinajstić information content (AvgIpc) is 3.09. The minimum Gasteiger partial charge on any atom is -0.438 e. The lowest BCUT2D eigenvalue weighted by Gasteiger charge is -2.64. The molecule has 3 saturated carbocycles. The zero-order chi connectivity index (χ0) is 28.1. The Labute approximate surface area is 227 Å². The Kier molecular flexibility index (Phi) is 7.51. The summed E-state index contributed by atoms with van der Waals surface area (Å²) < 4.78 is 20.7. The van der Waals surface area contributed by atoms with Crippen LogP contribution in [0, 0.1) is 28.6 Å². The van der Waals surface area contributed by atoms with Gasteiger partial charge in [0, 0.05) is 16.7 Å². The minimum atomic E-state index is -1.73. The largest absolute Gasteiger partial charge is 0.509 e. The second-order valence-electron chi connectivity index (χ2n) is 11.5. The van der Waals surface area contributed by atoms with E-state index in [0.717, 1.165) is 12.7 Å². The first-order chi connectivity index (χ1) is 17.8. The Balaban J connectivity index is 1.78. The van der Waals surface area contributed by atoms with Gasteiger partial charge in [0.25, 0.3) is 0 Å². The van der Waals surface area contributed by atoms with Crippen molar-refractivity contribution in [2.45, 2.75) is 76.4 Å². The Morgan fingerprint density at radius 2 is 1.87 bits per heavy atom. The molecule has 1 N–H and O–H groups in total. The van der Waals surface area contributed by atoms with Crippen molar-refractivity contribution in [3.63, 3.8) is 0 Å². The van der Waals surface area contributed by atoms with Gasteiger partial charge in [0.1, 0.15) is 0 Å². The summed E-state index contributed by atoms with van der Waals surface area (Å²) in [6, 6.07) is 0. The van der Waals surface area contributed by atoms with Crippen molar-refractivity contribution < 1.29 is 43.2 Å². The Bertz CT molecular complexity index is 1080. The zero-order valence-corrected chi connectivity index (χ0v) is 23.3. The van der Waals surface area contributed by atoms with Crippen LogP contribution >= 0.6 is 11.6 Å². The minimum absolute atomic E-state index is 0.0533. The van der Waals surface area contributed by atoms with Crippen molar-refractivity contribution in [1.29, 1.82) is 0 Å². The van der Waals surface area contributed by atoms with E-state index in [9.17, 15) is 24.3 Å². The number of Topliss-reactive ketones (excluding diaryl/α,β-unsaturated/α-hetero) is 1. The van der Waals surface area contributed by atoms with Gasteiger partial charge in [-0.1, -0.05) is 39.3 Å². The van der Waals surface area contributed by atoms with Crippen LogP contribution in [0.5, 0.6) is 0 Å². The topological polar surface area (TPSA) is 125 Å². The van der Waals surface area contributed by atoms with Gasteiger partial charge in [0.05, 0.1) is 24.7 Å². The Morgan fingerprint density at radius 1 is 1.16 bits per heavy atom. The number of aliphatic hydroxyl groups excluding tert-OH is 1. The summed E-state index contributed by atoms with van der Waals surface area (Å²) in [5.41, 5.74) is -2.65. The number of halogens is 1. The molecule has 8 atom stereocenters. The highest BCUT2D eigenvalue weighted by Crippen LogP contribution is 2.72. The molecule has 0 radical (unpaired) electrons. The first kappa shape index (κ1) is 28.6. The van der Waals surface area contributed by atoms with Crippen LogP contribution in [0.15, 0.2) is 23.8 Å². The van der Waals surface area contributed by atoms with Gasteiger partial charge in [-0.15, -0.1) is 11.6 Å². The number of ketones is 2. The first-order valence-corrected chi connectivity index (χ1v) is 13.6. The third-order valence-electron chi connectivity index (χ3n) is 9.75. The third-order valence-corrected chi connectivity index (χ3v) is 10.7. The van der Waals surface area contributed by atoms with Gasteiger partial charge in [-0.3, -0.25) is 9.59 Å². The summed E-state index contributed by atoms with van der Waals surface area (Å²) in [5, 5.41) is 11.8. The molecule has 210 valence electrons. The second kappa shape index (κ2) is 9.97. The molecule has 0 amide bonds. The molecular weight excluding hydrogens is 516 g/mol. The number of alkyl halides is 1. The van der Waals surface area contributed by atoms with E-state index in [4.69, 9.17) is 25.8 Å². The molecule has 3 fully saturated rings. The fraction of sp³-hybridized carbons (Fsp3) is 0.714. The number of methoxy groups -OCH3 is 1. The number of rotatable bonds is 6.